The van der Waals surface area contributed by atoms with Gasteiger partial charge in [-0.1, -0.05) is 11.6 Å². The largest absolute Gasteiger partial charge is 0.508 e. The fraction of sp³-hybridized carbons (Fsp3) is 0. The van der Waals surface area contributed by atoms with E-state index in [0.717, 1.165) is 0 Å². The molecule has 1 amide bonds. The Morgan fingerprint density at radius 2 is 2.17 bits per heavy atom. The monoisotopic (exact) mass is 326 g/mol. The molecule has 0 unspecified atom stereocenters. The molecule has 1 aromatic carbocycles. The van der Waals surface area contributed by atoms with Crippen molar-refractivity contribution >= 4 is 39.3 Å². The van der Waals surface area contributed by atoms with Crippen LogP contribution in [0, 0.1) is 0 Å². The topological polar surface area (TPSA) is 62.2 Å². The number of carbonyl (C=O) groups is 1. The molecule has 6 heteroatoms. The zero-order valence-electron chi connectivity index (χ0n) is 9.02. The first-order valence-corrected chi connectivity index (χ1v) is 6.15. The van der Waals surface area contributed by atoms with Crippen LogP contribution in [-0.4, -0.2) is 16.0 Å². The number of carbonyl (C=O) groups excluding carboxylic acids is 1. The van der Waals surface area contributed by atoms with Crippen LogP contribution >= 0.6 is 27.5 Å². The van der Waals surface area contributed by atoms with Crippen LogP contribution in [0.2, 0.25) is 5.02 Å². The van der Waals surface area contributed by atoms with Crippen LogP contribution in [0.3, 0.4) is 0 Å². The van der Waals surface area contributed by atoms with Gasteiger partial charge in [-0.25, -0.2) is 4.98 Å². The van der Waals surface area contributed by atoms with E-state index in [2.05, 4.69) is 26.2 Å². The third-order valence-electron chi connectivity index (χ3n) is 2.18. The standard InChI is InChI=1S/C12H8BrClN2O2/c13-9-2-1-5-15-11(9)16-12(18)8-6-7(17)3-4-10(8)14/h1-6,17H,(H,15,16,18). The Balaban J connectivity index is 2.28. The summed E-state index contributed by atoms with van der Waals surface area (Å²) in [6, 6.07) is 7.66. The van der Waals surface area contributed by atoms with Crippen molar-refractivity contribution in [2.24, 2.45) is 0 Å². The van der Waals surface area contributed by atoms with E-state index in [1.54, 1.807) is 18.3 Å². The lowest BCUT2D eigenvalue weighted by molar-refractivity contribution is 0.102. The maximum absolute atomic E-state index is 12.0. The van der Waals surface area contributed by atoms with Gasteiger partial charge in [0, 0.05) is 6.20 Å². The number of phenolic OH excluding ortho intramolecular Hbond substituents is 1. The van der Waals surface area contributed by atoms with E-state index in [1.165, 1.54) is 18.2 Å². The van der Waals surface area contributed by atoms with Crippen molar-refractivity contribution in [2.75, 3.05) is 5.32 Å². The molecule has 2 aromatic rings. The van der Waals surface area contributed by atoms with E-state index >= 15 is 0 Å². The number of benzene rings is 1. The molecule has 2 N–H and O–H groups in total. The number of nitrogens with zero attached hydrogens (tertiary/aromatic N) is 1. The first-order chi connectivity index (χ1) is 8.58. The molecule has 18 heavy (non-hydrogen) atoms. The predicted octanol–water partition coefficient (Wildman–Crippen LogP) is 3.46. The average Bonchev–Trinajstić information content (AvgIpc) is 2.35. The van der Waals surface area contributed by atoms with Gasteiger partial charge in [0.2, 0.25) is 0 Å². The highest BCUT2D eigenvalue weighted by molar-refractivity contribution is 9.10. The average molecular weight is 328 g/mol. The van der Waals surface area contributed by atoms with Gasteiger partial charge in [-0.3, -0.25) is 4.79 Å². The summed E-state index contributed by atoms with van der Waals surface area (Å²) in [5.41, 5.74) is 0.189. The van der Waals surface area contributed by atoms with Crippen LogP contribution in [0.5, 0.6) is 5.75 Å². The smallest absolute Gasteiger partial charge is 0.258 e. The highest BCUT2D eigenvalue weighted by Gasteiger charge is 2.13. The Morgan fingerprint density at radius 3 is 2.89 bits per heavy atom. The van der Waals surface area contributed by atoms with Crippen molar-refractivity contribution in [1.82, 2.24) is 4.98 Å². The lowest BCUT2D eigenvalue weighted by atomic mass is 10.2. The van der Waals surface area contributed by atoms with E-state index in [1.807, 2.05) is 0 Å². The molecule has 1 aromatic heterocycles. The number of amides is 1. The minimum absolute atomic E-state index is 0.0235. The summed E-state index contributed by atoms with van der Waals surface area (Å²) < 4.78 is 0.662. The highest BCUT2D eigenvalue weighted by Crippen LogP contribution is 2.24. The quantitative estimate of drug-likeness (QED) is 0.888. The van der Waals surface area contributed by atoms with E-state index in [0.29, 0.717) is 10.3 Å². The maximum Gasteiger partial charge on any atom is 0.258 e. The minimum Gasteiger partial charge on any atom is -0.508 e. The van der Waals surface area contributed by atoms with Crippen LogP contribution in [-0.2, 0) is 0 Å². The third kappa shape index (κ3) is 2.80. The van der Waals surface area contributed by atoms with Gasteiger partial charge in [0.25, 0.3) is 5.91 Å². The number of hydrogen-bond acceptors (Lipinski definition) is 3. The lowest BCUT2D eigenvalue weighted by Crippen LogP contribution is -2.13. The van der Waals surface area contributed by atoms with Gasteiger partial charge in [0.1, 0.15) is 11.6 Å². The second-order valence-corrected chi connectivity index (χ2v) is 4.71. The van der Waals surface area contributed by atoms with Crippen molar-refractivity contribution in [2.45, 2.75) is 0 Å². The molecule has 1 heterocycles. The number of hydrogen-bond donors (Lipinski definition) is 2. The normalized spacial score (nSPS) is 10.1. The first-order valence-electron chi connectivity index (χ1n) is 4.98. The van der Waals surface area contributed by atoms with E-state index < -0.39 is 5.91 Å². The zero-order valence-corrected chi connectivity index (χ0v) is 11.4. The molecule has 4 nitrogen and oxygen atoms in total. The Morgan fingerprint density at radius 1 is 1.39 bits per heavy atom. The predicted molar refractivity (Wildman–Crippen MR) is 73.0 cm³/mol. The molecular weight excluding hydrogens is 320 g/mol. The summed E-state index contributed by atoms with van der Waals surface area (Å²) in [7, 11) is 0. The molecule has 0 aliphatic carbocycles. The van der Waals surface area contributed by atoms with Gasteiger partial charge in [0.15, 0.2) is 0 Å². The third-order valence-corrected chi connectivity index (χ3v) is 3.15. The Labute approximate surface area is 117 Å². The van der Waals surface area contributed by atoms with Crippen LogP contribution in [0.25, 0.3) is 0 Å². The number of pyridine rings is 1. The SMILES string of the molecule is O=C(Nc1ncccc1Br)c1cc(O)ccc1Cl. The zero-order chi connectivity index (χ0) is 13.1. The number of halogens is 2. The molecule has 0 fully saturated rings. The Hall–Kier alpha value is -1.59. The minimum atomic E-state index is -0.435. The lowest BCUT2D eigenvalue weighted by Gasteiger charge is -2.07. The molecule has 0 saturated carbocycles. The summed E-state index contributed by atoms with van der Waals surface area (Å²) in [5.74, 6) is -0.0677. The van der Waals surface area contributed by atoms with Crippen molar-refractivity contribution in [3.63, 3.8) is 0 Å². The molecule has 0 atom stereocenters. The maximum atomic E-state index is 12.0. The Kier molecular flexibility index (Phi) is 3.84. The molecule has 0 radical (unpaired) electrons. The van der Waals surface area contributed by atoms with Crippen LogP contribution in [0.4, 0.5) is 5.82 Å². The van der Waals surface area contributed by atoms with Gasteiger partial charge in [-0.05, 0) is 46.3 Å². The second-order valence-electron chi connectivity index (χ2n) is 3.45. The number of rotatable bonds is 2. The summed E-state index contributed by atoms with van der Waals surface area (Å²) in [4.78, 5) is 16.0. The summed E-state index contributed by atoms with van der Waals surface area (Å²) in [6.07, 6.45) is 1.56. The Bertz CT molecular complexity index is 604. The van der Waals surface area contributed by atoms with Crippen molar-refractivity contribution in [1.29, 1.82) is 0 Å². The number of aromatic hydroxyl groups is 1. The summed E-state index contributed by atoms with van der Waals surface area (Å²) in [6.45, 7) is 0. The summed E-state index contributed by atoms with van der Waals surface area (Å²) in [5, 5.41) is 12.2. The molecule has 0 aliphatic heterocycles. The number of nitrogens with one attached hydrogen (secondary N) is 1. The van der Waals surface area contributed by atoms with Crippen LogP contribution in [0.15, 0.2) is 41.0 Å². The van der Waals surface area contributed by atoms with E-state index in [4.69, 9.17) is 11.6 Å². The van der Waals surface area contributed by atoms with Crippen molar-refractivity contribution < 1.29 is 9.90 Å². The van der Waals surface area contributed by atoms with Crippen LogP contribution < -0.4 is 5.32 Å². The fourth-order valence-corrected chi connectivity index (χ4v) is 1.90. The van der Waals surface area contributed by atoms with E-state index in [9.17, 15) is 9.90 Å². The van der Waals surface area contributed by atoms with Crippen molar-refractivity contribution in [3.05, 3.63) is 51.6 Å². The molecule has 0 saturated heterocycles. The fourth-order valence-electron chi connectivity index (χ4n) is 1.34. The molecule has 0 bridgehead atoms. The highest BCUT2D eigenvalue weighted by atomic mass is 79.9. The molecular formula is C12H8BrClN2O2. The molecule has 0 aliphatic rings. The molecule has 92 valence electrons. The summed E-state index contributed by atoms with van der Waals surface area (Å²) >= 11 is 9.16. The van der Waals surface area contributed by atoms with Gasteiger partial charge >= 0.3 is 0 Å². The number of anilines is 1. The van der Waals surface area contributed by atoms with Crippen LogP contribution in [0.1, 0.15) is 10.4 Å². The molecule has 0 spiro atoms. The van der Waals surface area contributed by atoms with Gasteiger partial charge < -0.3 is 10.4 Å². The van der Waals surface area contributed by atoms with Gasteiger partial charge in [-0.15, -0.1) is 0 Å². The number of phenols is 1. The first kappa shape index (κ1) is 12.9. The van der Waals surface area contributed by atoms with Crippen molar-refractivity contribution in [3.8, 4) is 5.75 Å². The van der Waals surface area contributed by atoms with Gasteiger partial charge in [0.05, 0.1) is 15.1 Å². The number of aromatic nitrogens is 1. The molecule has 2 rings (SSSR count). The second kappa shape index (κ2) is 5.37. The van der Waals surface area contributed by atoms with E-state index in [-0.39, 0.29) is 16.3 Å². The van der Waals surface area contributed by atoms with Gasteiger partial charge in [-0.2, -0.15) is 0 Å².